The van der Waals surface area contributed by atoms with Gasteiger partial charge in [-0.1, -0.05) is 26.8 Å². The second-order valence-electron chi connectivity index (χ2n) is 6.52. The Labute approximate surface area is 109 Å². The van der Waals surface area contributed by atoms with Gasteiger partial charge in [0.05, 0.1) is 0 Å². The summed E-state index contributed by atoms with van der Waals surface area (Å²) in [4.78, 5) is 1.37. The molecule has 1 aromatic rings. The van der Waals surface area contributed by atoms with E-state index in [4.69, 9.17) is 5.73 Å². The van der Waals surface area contributed by atoms with Crippen LogP contribution in [0.3, 0.4) is 0 Å². The fourth-order valence-corrected chi connectivity index (χ4v) is 3.88. The molecular weight excluding hydrogens is 226 g/mol. The predicted octanol–water partition coefficient (Wildman–Crippen LogP) is 4.60. The molecule has 1 nitrogen and oxygen atoms in total. The number of rotatable bonds is 2. The van der Waals surface area contributed by atoms with Crippen molar-refractivity contribution >= 4 is 11.3 Å². The van der Waals surface area contributed by atoms with Crippen molar-refractivity contribution in [1.82, 2.24) is 0 Å². The molecule has 1 saturated carbocycles. The number of hydrogen-bond acceptors (Lipinski definition) is 2. The Morgan fingerprint density at radius 3 is 2.35 bits per heavy atom. The molecule has 2 N–H and O–H groups in total. The summed E-state index contributed by atoms with van der Waals surface area (Å²) in [7, 11) is 0. The van der Waals surface area contributed by atoms with Gasteiger partial charge in [0.1, 0.15) is 0 Å². The number of nitrogens with two attached hydrogens (primary N) is 1. The summed E-state index contributed by atoms with van der Waals surface area (Å²) in [6, 6.07) is 4.57. The van der Waals surface area contributed by atoms with Crippen LogP contribution in [0, 0.1) is 17.3 Å². The summed E-state index contributed by atoms with van der Waals surface area (Å²) in [5.41, 5.74) is 6.85. The van der Waals surface area contributed by atoms with Crippen LogP contribution in [0.5, 0.6) is 0 Å². The first-order valence-electron chi connectivity index (χ1n) is 6.77. The average Bonchev–Trinajstić information content (AvgIpc) is 2.80. The van der Waals surface area contributed by atoms with Crippen LogP contribution in [0.25, 0.3) is 0 Å². The molecule has 2 heteroatoms. The minimum atomic E-state index is 0.274. The van der Waals surface area contributed by atoms with Crippen molar-refractivity contribution in [3.63, 3.8) is 0 Å². The van der Waals surface area contributed by atoms with E-state index in [1.165, 1.54) is 30.6 Å². The molecule has 0 bridgehead atoms. The van der Waals surface area contributed by atoms with Crippen molar-refractivity contribution in [3.05, 3.63) is 22.4 Å². The van der Waals surface area contributed by atoms with E-state index in [1.807, 2.05) is 0 Å². The second-order valence-corrected chi connectivity index (χ2v) is 7.50. The van der Waals surface area contributed by atoms with Gasteiger partial charge in [-0.05, 0) is 54.4 Å². The molecule has 2 rings (SSSR count). The zero-order chi connectivity index (χ0) is 12.5. The van der Waals surface area contributed by atoms with Crippen molar-refractivity contribution in [2.45, 2.75) is 52.5 Å². The standard InChI is InChI=1S/C15H25NS/c1-15(2,3)12-8-6-11(7-9-12)14(16)13-5-4-10-17-13/h4-5,10-12,14H,6-9,16H2,1-3H3. The molecule has 0 aliphatic heterocycles. The van der Waals surface area contributed by atoms with Crippen LogP contribution in [0.2, 0.25) is 0 Å². The van der Waals surface area contributed by atoms with Gasteiger partial charge < -0.3 is 5.73 Å². The van der Waals surface area contributed by atoms with Gasteiger partial charge in [0.15, 0.2) is 0 Å². The minimum absolute atomic E-state index is 0.274. The molecule has 1 unspecified atom stereocenters. The van der Waals surface area contributed by atoms with Gasteiger partial charge in [0, 0.05) is 10.9 Å². The number of thiophene rings is 1. The zero-order valence-electron chi connectivity index (χ0n) is 11.3. The van der Waals surface area contributed by atoms with Gasteiger partial charge in [-0.15, -0.1) is 11.3 Å². The Morgan fingerprint density at radius 2 is 1.88 bits per heavy atom. The first kappa shape index (κ1) is 13.1. The van der Waals surface area contributed by atoms with Crippen LogP contribution in [0.15, 0.2) is 17.5 Å². The molecule has 0 amide bonds. The van der Waals surface area contributed by atoms with Crippen molar-refractivity contribution in [1.29, 1.82) is 0 Å². The van der Waals surface area contributed by atoms with Crippen molar-refractivity contribution in [3.8, 4) is 0 Å². The Balaban J connectivity index is 1.91. The van der Waals surface area contributed by atoms with Gasteiger partial charge in [-0.25, -0.2) is 0 Å². The molecule has 0 saturated heterocycles. The number of hydrogen-bond donors (Lipinski definition) is 1. The summed E-state index contributed by atoms with van der Waals surface area (Å²) >= 11 is 1.81. The zero-order valence-corrected chi connectivity index (χ0v) is 12.1. The molecule has 0 spiro atoms. The minimum Gasteiger partial charge on any atom is -0.323 e. The van der Waals surface area contributed by atoms with Gasteiger partial charge >= 0.3 is 0 Å². The maximum atomic E-state index is 6.38. The monoisotopic (exact) mass is 251 g/mol. The Hall–Kier alpha value is -0.340. The molecule has 1 aliphatic carbocycles. The van der Waals surface area contributed by atoms with E-state index in [0.29, 0.717) is 11.3 Å². The fraction of sp³-hybridized carbons (Fsp3) is 0.733. The van der Waals surface area contributed by atoms with Gasteiger partial charge in [-0.2, -0.15) is 0 Å². The molecule has 96 valence electrons. The first-order valence-corrected chi connectivity index (χ1v) is 7.65. The van der Waals surface area contributed by atoms with E-state index in [2.05, 4.69) is 38.3 Å². The topological polar surface area (TPSA) is 26.0 Å². The Morgan fingerprint density at radius 1 is 1.24 bits per heavy atom. The third-order valence-corrected chi connectivity index (χ3v) is 5.35. The lowest BCUT2D eigenvalue weighted by Gasteiger charge is -2.38. The smallest absolute Gasteiger partial charge is 0.0418 e. The highest BCUT2D eigenvalue weighted by Gasteiger charge is 2.32. The van der Waals surface area contributed by atoms with E-state index in [1.54, 1.807) is 11.3 Å². The van der Waals surface area contributed by atoms with Gasteiger partial charge in [-0.3, -0.25) is 0 Å². The van der Waals surface area contributed by atoms with Crippen LogP contribution < -0.4 is 5.73 Å². The average molecular weight is 251 g/mol. The molecule has 1 heterocycles. The summed E-state index contributed by atoms with van der Waals surface area (Å²) < 4.78 is 0. The van der Waals surface area contributed by atoms with Crippen molar-refractivity contribution < 1.29 is 0 Å². The molecule has 0 radical (unpaired) electrons. The Bertz CT molecular complexity index is 328. The highest BCUT2D eigenvalue weighted by atomic mass is 32.1. The maximum Gasteiger partial charge on any atom is 0.0418 e. The largest absolute Gasteiger partial charge is 0.323 e. The van der Waals surface area contributed by atoms with Crippen molar-refractivity contribution in [2.24, 2.45) is 23.0 Å². The molecule has 1 fully saturated rings. The second kappa shape index (κ2) is 5.11. The molecule has 17 heavy (non-hydrogen) atoms. The summed E-state index contributed by atoms with van der Waals surface area (Å²) in [6.45, 7) is 7.12. The van der Waals surface area contributed by atoms with E-state index in [9.17, 15) is 0 Å². The normalized spacial score (nSPS) is 28.0. The maximum absolute atomic E-state index is 6.38. The quantitative estimate of drug-likeness (QED) is 0.816. The SMILES string of the molecule is CC(C)(C)C1CCC(C(N)c2cccs2)CC1. The van der Waals surface area contributed by atoms with E-state index >= 15 is 0 Å². The molecule has 1 atom stereocenters. The molecule has 1 aromatic heterocycles. The summed E-state index contributed by atoms with van der Waals surface area (Å²) in [5, 5.41) is 2.13. The van der Waals surface area contributed by atoms with Crippen molar-refractivity contribution in [2.75, 3.05) is 0 Å². The van der Waals surface area contributed by atoms with E-state index in [0.717, 1.165) is 5.92 Å². The highest BCUT2D eigenvalue weighted by molar-refractivity contribution is 7.10. The van der Waals surface area contributed by atoms with Crippen LogP contribution in [0.4, 0.5) is 0 Å². The Kier molecular flexibility index (Phi) is 3.94. The summed E-state index contributed by atoms with van der Waals surface area (Å²) in [5.74, 6) is 1.58. The lowest BCUT2D eigenvalue weighted by Crippen LogP contribution is -2.30. The van der Waals surface area contributed by atoms with Crippen LogP contribution >= 0.6 is 11.3 Å². The fourth-order valence-electron chi connectivity index (χ4n) is 3.06. The van der Waals surface area contributed by atoms with E-state index in [-0.39, 0.29) is 6.04 Å². The molecule has 0 aromatic carbocycles. The van der Waals surface area contributed by atoms with Gasteiger partial charge in [0.25, 0.3) is 0 Å². The highest BCUT2D eigenvalue weighted by Crippen LogP contribution is 2.43. The molecular formula is C15H25NS. The van der Waals surface area contributed by atoms with Gasteiger partial charge in [0.2, 0.25) is 0 Å². The third kappa shape index (κ3) is 3.11. The molecule has 1 aliphatic rings. The predicted molar refractivity (Wildman–Crippen MR) is 76.2 cm³/mol. The van der Waals surface area contributed by atoms with Crippen LogP contribution in [0.1, 0.15) is 57.4 Å². The lowest BCUT2D eigenvalue weighted by molar-refractivity contribution is 0.140. The van der Waals surface area contributed by atoms with Crippen LogP contribution in [-0.2, 0) is 0 Å². The van der Waals surface area contributed by atoms with E-state index < -0.39 is 0 Å². The lowest BCUT2D eigenvalue weighted by atomic mass is 9.68. The third-order valence-electron chi connectivity index (χ3n) is 4.38. The van der Waals surface area contributed by atoms with Crippen LogP contribution in [-0.4, -0.2) is 0 Å². The summed E-state index contributed by atoms with van der Waals surface area (Å²) in [6.07, 6.45) is 5.32. The first-order chi connectivity index (χ1) is 7.98.